The van der Waals surface area contributed by atoms with Crippen LogP contribution in [0.4, 0.5) is 4.79 Å². The predicted octanol–water partition coefficient (Wildman–Crippen LogP) is 7.29. The second kappa shape index (κ2) is 10.3. The first-order chi connectivity index (χ1) is 16.5. The summed E-state index contributed by atoms with van der Waals surface area (Å²) in [5, 5.41) is 21.2. The molecule has 1 aliphatic heterocycles. The van der Waals surface area contributed by atoms with E-state index >= 15 is 0 Å². The van der Waals surface area contributed by atoms with Crippen LogP contribution >= 0.6 is 0 Å². The van der Waals surface area contributed by atoms with Crippen LogP contribution in [0.3, 0.4) is 0 Å². The minimum Gasteiger partial charge on any atom is -0.508 e. The first kappa shape index (κ1) is 24.4. The first-order valence-corrected chi connectivity index (χ1v) is 13.0. The van der Waals surface area contributed by atoms with Gasteiger partial charge in [-0.3, -0.25) is 0 Å². The molecule has 4 rings (SSSR count). The van der Waals surface area contributed by atoms with Crippen molar-refractivity contribution < 1.29 is 24.5 Å². The van der Waals surface area contributed by atoms with Crippen LogP contribution in [0.5, 0.6) is 11.5 Å². The average Bonchev–Trinajstić information content (AvgIpc) is 2.81. The molecule has 1 saturated carbocycles. The number of hydrogen-bond acceptors (Lipinski definition) is 5. The number of phenolic OH excluding ortho intramolecular Hbond substituents is 2. The van der Waals surface area contributed by atoms with Crippen molar-refractivity contribution in [2.45, 2.75) is 102 Å². The van der Waals surface area contributed by atoms with E-state index in [4.69, 9.17) is 9.47 Å². The van der Waals surface area contributed by atoms with Crippen molar-refractivity contribution in [3.05, 3.63) is 58.7 Å². The molecule has 0 atom stereocenters. The lowest BCUT2D eigenvalue weighted by atomic mass is 9.60. The Balaban J connectivity index is 1.83. The van der Waals surface area contributed by atoms with E-state index in [-0.39, 0.29) is 0 Å². The molecule has 1 saturated heterocycles. The molecule has 34 heavy (non-hydrogen) atoms. The van der Waals surface area contributed by atoms with Crippen LogP contribution in [0.25, 0.3) is 0 Å². The molecule has 0 bridgehead atoms. The zero-order chi connectivity index (χ0) is 24.2. The van der Waals surface area contributed by atoms with Crippen LogP contribution in [0.15, 0.2) is 36.4 Å². The molecule has 0 aromatic heterocycles. The maximum Gasteiger partial charge on any atom is 0.515 e. The third-order valence-electron chi connectivity index (χ3n) is 7.70. The van der Waals surface area contributed by atoms with Crippen molar-refractivity contribution >= 4 is 6.16 Å². The molecule has 0 amide bonds. The number of rotatable bonds is 10. The number of ether oxygens (including phenoxy) is 2. The number of aromatic hydroxyl groups is 2. The lowest BCUT2D eigenvalue weighted by Crippen LogP contribution is -2.65. The molecular formula is C29H38O5. The van der Waals surface area contributed by atoms with E-state index in [2.05, 4.69) is 26.0 Å². The fourth-order valence-corrected chi connectivity index (χ4v) is 5.83. The molecule has 1 spiro atoms. The molecule has 2 aromatic rings. The minimum atomic E-state index is -1.06. The van der Waals surface area contributed by atoms with Crippen LogP contribution in [0, 0.1) is 0 Å². The van der Waals surface area contributed by atoms with Gasteiger partial charge in [-0.15, -0.1) is 0 Å². The molecule has 0 unspecified atom stereocenters. The van der Waals surface area contributed by atoms with E-state index in [1.54, 1.807) is 12.1 Å². The molecule has 2 aliphatic rings. The highest BCUT2D eigenvalue weighted by molar-refractivity contribution is 5.68. The number of aryl methyl sites for hydroxylation is 2. The van der Waals surface area contributed by atoms with Crippen LogP contribution < -0.4 is 0 Å². The number of hydrogen-bond donors (Lipinski definition) is 2. The van der Waals surface area contributed by atoms with Gasteiger partial charge in [-0.25, -0.2) is 4.79 Å². The quantitative estimate of drug-likeness (QED) is 0.284. The van der Waals surface area contributed by atoms with Gasteiger partial charge in [0.05, 0.1) is 5.41 Å². The summed E-state index contributed by atoms with van der Waals surface area (Å²) in [5.41, 5.74) is 3.13. The molecule has 5 heteroatoms. The van der Waals surface area contributed by atoms with Gasteiger partial charge in [-0.2, -0.15) is 0 Å². The van der Waals surface area contributed by atoms with E-state index in [1.165, 1.54) is 0 Å². The number of carbonyl (C=O) groups excluding carboxylic acids is 1. The molecule has 0 radical (unpaired) electrons. The lowest BCUT2D eigenvalue weighted by molar-refractivity contribution is -0.312. The van der Waals surface area contributed by atoms with Gasteiger partial charge in [0.15, 0.2) is 0 Å². The standard InChI is InChI=1S/C29H38O5/c1-3-5-7-11-21-19-23(13-15-25(21)30)28(17-9-10-18-29(28)33-27(32)34-29)24-14-16-26(31)22(20-24)12-8-6-4-2/h13-16,19-20,30-31H,3-12,17-18H2,1-2H3. The number of benzene rings is 2. The van der Waals surface area contributed by atoms with E-state index in [0.29, 0.717) is 17.9 Å². The van der Waals surface area contributed by atoms with Crippen LogP contribution in [-0.2, 0) is 27.7 Å². The van der Waals surface area contributed by atoms with Crippen LogP contribution in [0.2, 0.25) is 0 Å². The van der Waals surface area contributed by atoms with Crippen molar-refractivity contribution in [3.63, 3.8) is 0 Å². The molecule has 1 aliphatic carbocycles. The van der Waals surface area contributed by atoms with Gasteiger partial charge in [0.25, 0.3) is 5.79 Å². The fraction of sp³-hybridized carbons (Fsp3) is 0.552. The van der Waals surface area contributed by atoms with Gasteiger partial charge in [-0.05, 0) is 72.9 Å². The maximum atomic E-state index is 12.0. The highest BCUT2D eigenvalue weighted by atomic mass is 16.9. The van der Waals surface area contributed by atoms with Gasteiger partial charge in [0.1, 0.15) is 11.5 Å². The fourth-order valence-electron chi connectivity index (χ4n) is 5.83. The smallest absolute Gasteiger partial charge is 0.508 e. The Hall–Kier alpha value is -2.69. The summed E-state index contributed by atoms with van der Waals surface area (Å²) in [6.07, 6.45) is 10.7. The Morgan fingerprint density at radius 2 is 1.26 bits per heavy atom. The SMILES string of the molecule is CCCCCc1cc(C2(c3ccc(O)c(CCCCC)c3)CCCCC23OC(=O)O3)ccc1O. The Bertz CT molecular complexity index is 944. The van der Waals surface area contributed by atoms with Crippen LogP contribution in [0.1, 0.15) is 100 Å². The molecule has 2 aromatic carbocycles. The summed E-state index contributed by atoms with van der Waals surface area (Å²) in [4.78, 5) is 12.0. The number of unbranched alkanes of at least 4 members (excludes halogenated alkanes) is 4. The Kier molecular flexibility index (Phi) is 7.39. The third-order valence-corrected chi connectivity index (χ3v) is 7.70. The summed E-state index contributed by atoms with van der Waals surface area (Å²) in [5.74, 6) is -0.452. The maximum absolute atomic E-state index is 12.0. The summed E-state index contributed by atoms with van der Waals surface area (Å²) >= 11 is 0. The van der Waals surface area contributed by atoms with E-state index in [9.17, 15) is 15.0 Å². The van der Waals surface area contributed by atoms with Crippen molar-refractivity contribution in [2.75, 3.05) is 0 Å². The van der Waals surface area contributed by atoms with Gasteiger partial charge < -0.3 is 19.7 Å². The van der Waals surface area contributed by atoms with Crippen molar-refractivity contribution in [1.82, 2.24) is 0 Å². The minimum absolute atomic E-state index is 0.303. The van der Waals surface area contributed by atoms with E-state index in [0.717, 1.165) is 92.9 Å². The molecule has 2 fully saturated rings. The Labute approximate surface area is 203 Å². The number of carbonyl (C=O) groups is 1. The van der Waals surface area contributed by atoms with Gasteiger partial charge in [0.2, 0.25) is 0 Å². The molecule has 2 N–H and O–H groups in total. The topological polar surface area (TPSA) is 76.0 Å². The summed E-state index contributed by atoms with van der Waals surface area (Å²) in [6.45, 7) is 4.34. The lowest BCUT2D eigenvalue weighted by Gasteiger charge is -2.55. The zero-order valence-corrected chi connectivity index (χ0v) is 20.6. The average molecular weight is 467 g/mol. The van der Waals surface area contributed by atoms with E-state index in [1.807, 2.05) is 12.1 Å². The second-order valence-corrected chi connectivity index (χ2v) is 9.92. The normalized spacial score (nSPS) is 18.2. The molecule has 1 heterocycles. The molecular weight excluding hydrogens is 428 g/mol. The largest absolute Gasteiger partial charge is 0.515 e. The van der Waals surface area contributed by atoms with Crippen LogP contribution in [-0.4, -0.2) is 22.2 Å². The Morgan fingerprint density at radius 1 is 0.765 bits per heavy atom. The number of phenols is 2. The second-order valence-electron chi connectivity index (χ2n) is 9.92. The van der Waals surface area contributed by atoms with Gasteiger partial charge >= 0.3 is 6.16 Å². The van der Waals surface area contributed by atoms with Crippen molar-refractivity contribution in [2.24, 2.45) is 0 Å². The predicted molar refractivity (Wildman–Crippen MR) is 132 cm³/mol. The molecule has 184 valence electrons. The van der Waals surface area contributed by atoms with Gasteiger partial charge in [0, 0.05) is 6.42 Å². The Morgan fingerprint density at radius 3 is 1.74 bits per heavy atom. The van der Waals surface area contributed by atoms with E-state index < -0.39 is 17.4 Å². The first-order valence-electron chi connectivity index (χ1n) is 13.0. The summed E-state index contributed by atoms with van der Waals surface area (Å²) in [6, 6.07) is 11.6. The molecule has 5 nitrogen and oxygen atoms in total. The summed E-state index contributed by atoms with van der Waals surface area (Å²) < 4.78 is 11.7. The van der Waals surface area contributed by atoms with Crippen molar-refractivity contribution in [3.8, 4) is 11.5 Å². The van der Waals surface area contributed by atoms with Gasteiger partial charge in [-0.1, -0.05) is 70.2 Å². The zero-order valence-electron chi connectivity index (χ0n) is 20.6. The summed E-state index contributed by atoms with van der Waals surface area (Å²) in [7, 11) is 0. The highest BCUT2D eigenvalue weighted by Gasteiger charge is 2.66. The van der Waals surface area contributed by atoms with Crippen molar-refractivity contribution in [1.29, 1.82) is 0 Å². The third kappa shape index (κ3) is 4.37. The highest BCUT2D eigenvalue weighted by Crippen LogP contribution is 2.57. The monoisotopic (exact) mass is 466 g/mol.